The maximum absolute atomic E-state index is 14.2. The highest BCUT2D eigenvalue weighted by Gasteiger charge is 2.85. The first-order valence-corrected chi connectivity index (χ1v) is 8.90. The lowest BCUT2D eigenvalue weighted by Crippen LogP contribution is -2.71. The Balaban J connectivity index is 5.91. The first-order chi connectivity index (χ1) is 10.4. The summed E-state index contributed by atoms with van der Waals surface area (Å²) in [4.78, 5) is 0. The van der Waals surface area contributed by atoms with Crippen molar-refractivity contribution in [2.24, 2.45) is 0 Å². The molecule has 11 heteroatoms. The fraction of sp³-hybridized carbons (Fsp3) is 1.00. The first kappa shape index (κ1) is 22.6. The smallest absolute Gasteiger partial charge is 0.370 e. The minimum Gasteiger partial charge on any atom is -0.370 e. The largest absolute Gasteiger partial charge is 0.582 e. The van der Waals surface area contributed by atoms with Crippen LogP contribution in [0.15, 0.2) is 0 Å². The average Bonchev–Trinajstić information content (AvgIpc) is 2.45. The lowest BCUT2D eigenvalue weighted by molar-refractivity contribution is -0.345. The van der Waals surface area contributed by atoms with Crippen molar-refractivity contribution in [3.05, 3.63) is 0 Å². The van der Waals surface area contributed by atoms with Gasteiger partial charge in [0.05, 0.1) is 0 Å². The van der Waals surface area contributed by atoms with E-state index in [0.29, 0.717) is 0 Å². The molecule has 0 unspecified atom stereocenters. The second-order valence-electron chi connectivity index (χ2n) is 4.75. The zero-order valence-corrected chi connectivity index (χ0v) is 14.1. The van der Waals surface area contributed by atoms with E-state index in [0.717, 1.165) is 0 Å². The summed E-state index contributed by atoms with van der Waals surface area (Å²) < 4.78 is 107. The zero-order valence-electron chi connectivity index (χ0n) is 13.1. The second-order valence-corrected chi connectivity index (χ2v) is 7.35. The summed E-state index contributed by atoms with van der Waals surface area (Å²) >= 11 is 0. The fourth-order valence-electron chi connectivity index (χ4n) is 1.48. The van der Waals surface area contributed by atoms with E-state index in [4.69, 9.17) is 13.3 Å². The third-order valence-corrected chi connectivity index (χ3v) is 5.46. The van der Waals surface area contributed by atoms with Gasteiger partial charge in [-0.05, 0) is 19.3 Å². The van der Waals surface area contributed by atoms with Crippen molar-refractivity contribution in [2.45, 2.75) is 57.7 Å². The number of rotatable bonds is 11. The van der Waals surface area contributed by atoms with Gasteiger partial charge in [0.2, 0.25) is 0 Å². The standard InChI is InChI=1S/C12H21F7O3Si/c1-4-7-20-23(21-8-5-2,22-9-6-3)12(18,19)10(13,14)11(15,16)17/h4-9H2,1-3H3. The van der Waals surface area contributed by atoms with Crippen LogP contribution < -0.4 is 0 Å². The van der Waals surface area contributed by atoms with E-state index in [1.165, 1.54) is 20.8 Å². The molecule has 0 radical (unpaired) electrons. The Morgan fingerprint density at radius 1 is 0.652 bits per heavy atom. The third kappa shape index (κ3) is 4.80. The van der Waals surface area contributed by atoms with Crippen molar-refractivity contribution < 1.29 is 44.0 Å². The molecule has 0 rings (SSSR count). The van der Waals surface area contributed by atoms with Crippen molar-refractivity contribution in [1.82, 2.24) is 0 Å². The number of hydrogen-bond donors (Lipinski definition) is 0. The molecule has 23 heavy (non-hydrogen) atoms. The van der Waals surface area contributed by atoms with Gasteiger partial charge < -0.3 is 13.3 Å². The van der Waals surface area contributed by atoms with Crippen LogP contribution in [0.5, 0.6) is 0 Å². The third-order valence-electron chi connectivity index (χ3n) is 2.62. The molecule has 0 saturated heterocycles. The van der Waals surface area contributed by atoms with Gasteiger partial charge in [-0.1, -0.05) is 20.8 Å². The lowest BCUT2D eigenvalue weighted by atomic mass is 10.3. The molecule has 0 N–H and O–H groups in total. The highest BCUT2D eigenvalue weighted by Crippen LogP contribution is 2.51. The van der Waals surface area contributed by atoms with Gasteiger partial charge >= 0.3 is 26.4 Å². The molecule has 0 saturated carbocycles. The topological polar surface area (TPSA) is 27.7 Å². The number of alkyl halides is 7. The Morgan fingerprint density at radius 3 is 1.17 bits per heavy atom. The summed E-state index contributed by atoms with van der Waals surface area (Å²) in [6, 6.07) is 0. The molecule has 0 spiro atoms. The maximum Gasteiger partial charge on any atom is 0.582 e. The molecule has 0 amide bonds. The van der Waals surface area contributed by atoms with Crippen LogP contribution in [0.1, 0.15) is 40.0 Å². The van der Waals surface area contributed by atoms with Crippen molar-refractivity contribution in [2.75, 3.05) is 19.8 Å². The van der Waals surface area contributed by atoms with E-state index in [1.807, 2.05) is 0 Å². The van der Waals surface area contributed by atoms with E-state index in [-0.39, 0.29) is 19.3 Å². The zero-order chi connectivity index (χ0) is 18.4. The van der Waals surface area contributed by atoms with Crippen LogP contribution in [0.3, 0.4) is 0 Å². The van der Waals surface area contributed by atoms with Gasteiger partial charge in [0, 0.05) is 19.8 Å². The summed E-state index contributed by atoms with van der Waals surface area (Å²) in [6.07, 6.45) is -6.11. The molecule has 0 aromatic heterocycles. The summed E-state index contributed by atoms with van der Waals surface area (Å²) in [7, 11) is -5.63. The van der Waals surface area contributed by atoms with Crippen LogP contribution in [0.2, 0.25) is 0 Å². The minimum absolute atomic E-state index is 0.118. The van der Waals surface area contributed by atoms with Crippen LogP contribution in [0, 0.1) is 0 Å². The van der Waals surface area contributed by atoms with Gasteiger partial charge in [-0.25, -0.2) is 0 Å². The Hall–Kier alpha value is -0.393. The number of halogens is 7. The van der Waals surface area contributed by atoms with E-state index in [2.05, 4.69) is 0 Å². The normalized spacial score (nSPS) is 14.3. The summed E-state index contributed by atoms with van der Waals surface area (Å²) in [5, 5.41) is 0. The van der Waals surface area contributed by atoms with Crippen molar-refractivity contribution >= 4 is 8.80 Å². The van der Waals surface area contributed by atoms with Crippen molar-refractivity contribution in [1.29, 1.82) is 0 Å². The Bertz CT molecular complexity index is 328. The summed E-state index contributed by atoms with van der Waals surface area (Å²) in [5.41, 5.74) is -5.64. The molecular weight excluding hydrogens is 353 g/mol. The molecule has 0 bridgehead atoms. The first-order valence-electron chi connectivity index (χ1n) is 7.17. The van der Waals surface area contributed by atoms with Gasteiger partial charge in [-0.2, -0.15) is 30.7 Å². The van der Waals surface area contributed by atoms with Crippen molar-refractivity contribution in [3.63, 3.8) is 0 Å². The molecule has 0 heterocycles. The molecule has 0 aromatic rings. The molecule has 0 aromatic carbocycles. The predicted molar refractivity (Wildman–Crippen MR) is 70.4 cm³/mol. The van der Waals surface area contributed by atoms with Gasteiger partial charge in [0.25, 0.3) is 0 Å². The Kier molecular flexibility index (Phi) is 8.48. The van der Waals surface area contributed by atoms with Gasteiger partial charge in [-0.3, -0.25) is 0 Å². The average molecular weight is 374 g/mol. The van der Waals surface area contributed by atoms with E-state index in [1.54, 1.807) is 0 Å². The second kappa shape index (κ2) is 8.63. The molecule has 0 atom stereocenters. The Labute approximate surface area is 131 Å². The molecule has 0 aliphatic heterocycles. The van der Waals surface area contributed by atoms with E-state index >= 15 is 0 Å². The summed E-state index contributed by atoms with van der Waals surface area (Å²) in [6.45, 7) is 3.01. The lowest BCUT2D eigenvalue weighted by Gasteiger charge is -2.39. The van der Waals surface area contributed by atoms with Gasteiger partial charge in [0.1, 0.15) is 0 Å². The molecule has 3 nitrogen and oxygen atoms in total. The Morgan fingerprint density at radius 2 is 0.957 bits per heavy atom. The minimum atomic E-state index is -6.46. The van der Waals surface area contributed by atoms with Crippen LogP contribution in [-0.4, -0.2) is 46.3 Å². The molecule has 0 aliphatic carbocycles. The van der Waals surface area contributed by atoms with Gasteiger partial charge in [0.15, 0.2) is 0 Å². The quantitative estimate of drug-likeness (QED) is 0.391. The highest BCUT2D eigenvalue weighted by molar-refractivity contribution is 6.63. The van der Waals surface area contributed by atoms with E-state index in [9.17, 15) is 30.7 Å². The van der Waals surface area contributed by atoms with Crippen LogP contribution in [0.25, 0.3) is 0 Å². The SMILES string of the molecule is CCCO[Si](OCCC)(OCCC)C(F)(F)C(F)(F)C(F)(F)F. The molecular formula is C12H21F7O3Si. The van der Waals surface area contributed by atoms with Crippen LogP contribution in [0.4, 0.5) is 30.7 Å². The molecule has 0 aliphatic rings. The molecule has 0 fully saturated rings. The van der Waals surface area contributed by atoms with Gasteiger partial charge in [-0.15, -0.1) is 0 Å². The number of hydrogen-bond acceptors (Lipinski definition) is 3. The monoisotopic (exact) mass is 374 g/mol. The summed E-state index contributed by atoms with van der Waals surface area (Å²) in [5.74, 6) is -6.33. The fourth-order valence-corrected chi connectivity index (χ4v) is 4.22. The predicted octanol–water partition coefficient (Wildman–Crippen LogP) is 4.58. The van der Waals surface area contributed by atoms with Crippen LogP contribution >= 0.6 is 0 Å². The highest BCUT2D eigenvalue weighted by atomic mass is 28.4. The van der Waals surface area contributed by atoms with Crippen molar-refractivity contribution in [3.8, 4) is 0 Å². The van der Waals surface area contributed by atoms with Crippen LogP contribution in [-0.2, 0) is 13.3 Å². The molecule has 140 valence electrons. The van der Waals surface area contributed by atoms with E-state index < -0.39 is 46.3 Å². The maximum atomic E-state index is 14.2.